The van der Waals surface area contributed by atoms with E-state index in [9.17, 15) is 4.79 Å². The number of halogens is 1. The molecule has 0 unspecified atom stereocenters. The Kier molecular flexibility index (Phi) is 4.41. The lowest BCUT2D eigenvalue weighted by Crippen LogP contribution is -2.48. The fraction of sp³-hybridized carbons (Fsp3) is 0.312. The van der Waals surface area contributed by atoms with E-state index < -0.39 is 0 Å². The predicted molar refractivity (Wildman–Crippen MR) is 84.0 cm³/mol. The predicted octanol–water partition coefficient (Wildman–Crippen LogP) is 3.00. The highest BCUT2D eigenvalue weighted by atomic mass is 79.9. The van der Waals surface area contributed by atoms with Gasteiger partial charge in [0.25, 0.3) is 5.91 Å². The number of nitrogens with zero attached hydrogens (tertiary/aromatic N) is 2. The summed E-state index contributed by atoms with van der Waals surface area (Å²) < 4.78 is 6.22. The van der Waals surface area contributed by atoms with Crippen molar-refractivity contribution in [1.29, 1.82) is 0 Å². The number of benzene rings is 1. The first-order chi connectivity index (χ1) is 10.2. The highest BCUT2D eigenvalue weighted by molar-refractivity contribution is 9.10. The molecule has 0 aliphatic carbocycles. The number of hydrogen-bond acceptors (Lipinski definition) is 3. The van der Waals surface area contributed by atoms with Gasteiger partial charge < -0.3 is 9.32 Å². The van der Waals surface area contributed by atoms with Crippen LogP contribution in [-0.4, -0.2) is 41.9 Å². The van der Waals surface area contributed by atoms with Crippen molar-refractivity contribution in [2.24, 2.45) is 0 Å². The molecule has 3 rings (SSSR count). The second-order valence-electron chi connectivity index (χ2n) is 5.13. The van der Waals surface area contributed by atoms with Crippen molar-refractivity contribution in [2.75, 3.05) is 26.2 Å². The Bertz CT molecular complexity index is 604. The van der Waals surface area contributed by atoms with E-state index in [-0.39, 0.29) is 5.91 Å². The van der Waals surface area contributed by atoms with Crippen LogP contribution in [0.15, 0.2) is 51.6 Å². The molecule has 0 radical (unpaired) electrons. The molecule has 0 saturated carbocycles. The minimum atomic E-state index is 0.0973. The van der Waals surface area contributed by atoms with E-state index in [1.54, 1.807) is 6.26 Å². The van der Waals surface area contributed by atoms with Crippen LogP contribution in [0, 0.1) is 0 Å². The van der Waals surface area contributed by atoms with Gasteiger partial charge in [-0.15, -0.1) is 0 Å². The van der Waals surface area contributed by atoms with Crippen molar-refractivity contribution in [3.63, 3.8) is 0 Å². The van der Waals surface area contributed by atoms with Crippen LogP contribution in [0.5, 0.6) is 0 Å². The van der Waals surface area contributed by atoms with Gasteiger partial charge in [-0.2, -0.15) is 0 Å². The summed E-state index contributed by atoms with van der Waals surface area (Å²) in [5.41, 5.74) is 0.733. The average molecular weight is 349 g/mol. The minimum Gasteiger partial charge on any atom is -0.468 e. The van der Waals surface area contributed by atoms with Crippen molar-refractivity contribution in [3.05, 3.63) is 58.5 Å². The van der Waals surface area contributed by atoms with Gasteiger partial charge in [-0.05, 0) is 40.2 Å². The fourth-order valence-corrected chi connectivity index (χ4v) is 2.99. The highest BCUT2D eigenvalue weighted by Crippen LogP contribution is 2.19. The van der Waals surface area contributed by atoms with Crippen molar-refractivity contribution < 1.29 is 9.21 Å². The molecule has 5 heteroatoms. The summed E-state index contributed by atoms with van der Waals surface area (Å²) in [5, 5.41) is 0. The summed E-state index contributed by atoms with van der Waals surface area (Å²) in [6.07, 6.45) is 1.70. The quantitative estimate of drug-likeness (QED) is 0.855. The van der Waals surface area contributed by atoms with E-state index in [4.69, 9.17) is 4.42 Å². The van der Waals surface area contributed by atoms with Crippen molar-refractivity contribution in [1.82, 2.24) is 9.80 Å². The van der Waals surface area contributed by atoms with Gasteiger partial charge in [-0.1, -0.05) is 12.1 Å². The third-order valence-electron chi connectivity index (χ3n) is 3.72. The Morgan fingerprint density at radius 2 is 1.86 bits per heavy atom. The Morgan fingerprint density at radius 3 is 2.52 bits per heavy atom. The summed E-state index contributed by atoms with van der Waals surface area (Å²) in [7, 11) is 0. The number of amides is 1. The molecular weight excluding hydrogens is 332 g/mol. The molecule has 0 N–H and O–H groups in total. The van der Waals surface area contributed by atoms with Gasteiger partial charge in [-0.3, -0.25) is 9.69 Å². The summed E-state index contributed by atoms with van der Waals surface area (Å²) in [6, 6.07) is 11.5. The number of furan rings is 1. The number of hydrogen-bond donors (Lipinski definition) is 0. The zero-order valence-corrected chi connectivity index (χ0v) is 13.3. The first-order valence-electron chi connectivity index (χ1n) is 7.02. The third kappa shape index (κ3) is 3.36. The average Bonchev–Trinajstić information content (AvgIpc) is 3.01. The monoisotopic (exact) mass is 348 g/mol. The SMILES string of the molecule is O=C(c1ccccc1Br)N1CCN(Cc2ccco2)CC1. The molecule has 1 aliphatic heterocycles. The molecule has 1 amide bonds. The standard InChI is InChI=1S/C16H17BrN2O2/c17-15-6-2-1-5-14(15)16(20)19-9-7-18(8-10-19)12-13-4-3-11-21-13/h1-6,11H,7-10,12H2. The second kappa shape index (κ2) is 6.45. The van der Waals surface area contributed by atoms with Gasteiger partial charge in [0.1, 0.15) is 5.76 Å². The second-order valence-corrected chi connectivity index (χ2v) is 5.98. The summed E-state index contributed by atoms with van der Waals surface area (Å²) in [5.74, 6) is 1.07. The topological polar surface area (TPSA) is 36.7 Å². The van der Waals surface area contributed by atoms with Gasteiger partial charge in [0.05, 0.1) is 18.4 Å². The molecule has 2 aromatic rings. The van der Waals surface area contributed by atoms with E-state index in [0.29, 0.717) is 0 Å². The molecule has 1 aromatic carbocycles. The van der Waals surface area contributed by atoms with E-state index >= 15 is 0 Å². The number of piperazine rings is 1. The molecule has 0 bridgehead atoms. The van der Waals surface area contributed by atoms with E-state index in [2.05, 4.69) is 20.8 Å². The molecule has 1 aromatic heterocycles. The van der Waals surface area contributed by atoms with Crippen molar-refractivity contribution in [2.45, 2.75) is 6.54 Å². The molecule has 1 fully saturated rings. The normalized spacial score (nSPS) is 16.1. The Morgan fingerprint density at radius 1 is 1.10 bits per heavy atom. The maximum atomic E-state index is 12.5. The molecule has 0 atom stereocenters. The van der Waals surface area contributed by atoms with Crippen LogP contribution in [-0.2, 0) is 6.54 Å². The molecule has 21 heavy (non-hydrogen) atoms. The number of carbonyl (C=O) groups is 1. The van der Waals surface area contributed by atoms with Crippen molar-refractivity contribution in [3.8, 4) is 0 Å². The number of carbonyl (C=O) groups excluding carboxylic acids is 1. The summed E-state index contributed by atoms with van der Waals surface area (Å²) in [4.78, 5) is 16.7. The first kappa shape index (κ1) is 14.4. The van der Waals surface area contributed by atoms with Gasteiger partial charge >= 0.3 is 0 Å². The van der Waals surface area contributed by atoms with Gasteiger partial charge in [0.15, 0.2) is 0 Å². The smallest absolute Gasteiger partial charge is 0.255 e. The van der Waals surface area contributed by atoms with Crippen LogP contribution in [0.3, 0.4) is 0 Å². The molecule has 2 heterocycles. The Hall–Kier alpha value is -1.59. The molecule has 110 valence electrons. The van der Waals surface area contributed by atoms with Gasteiger partial charge in [-0.25, -0.2) is 0 Å². The van der Waals surface area contributed by atoms with Gasteiger partial charge in [0.2, 0.25) is 0 Å². The van der Waals surface area contributed by atoms with E-state index in [1.165, 1.54) is 0 Å². The lowest BCUT2D eigenvalue weighted by molar-refractivity contribution is 0.0619. The Balaban J connectivity index is 1.58. The Labute approximate surface area is 132 Å². The van der Waals surface area contributed by atoms with Crippen LogP contribution in [0.2, 0.25) is 0 Å². The lowest BCUT2D eigenvalue weighted by atomic mass is 10.2. The summed E-state index contributed by atoms with van der Waals surface area (Å²) >= 11 is 3.44. The van der Waals surface area contributed by atoms with Crippen LogP contribution in [0.1, 0.15) is 16.1 Å². The molecule has 4 nitrogen and oxygen atoms in total. The van der Waals surface area contributed by atoms with Gasteiger partial charge in [0, 0.05) is 30.7 Å². The highest BCUT2D eigenvalue weighted by Gasteiger charge is 2.23. The zero-order valence-electron chi connectivity index (χ0n) is 11.7. The van der Waals surface area contributed by atoms with Crippen LogP contribution in [0.4, 0.5) is 0 Å². The zero-order chi connectivity index (χ0) is 14.7. The molecule has 0 spiro atoms. The third-order valence-corrected chi connectivity index (χ3v) is 4.41. The molecular formula is C16H17BrN2O2. The number of rotatable bonds is 3. The molecule has 1 aliphatic rings. The van der Waals surface area contributed by atoms with Crippen LogP contribution in [0.25, 0.3) is 0 Å². The minimum absolute atomic E-state index is 0.0973. The van der Waals surface area contributed by atoms with E-state index in [0.717, 1.165) is 48.5 Å². The maximum absolute atomic E-state index is 12.5. The largest absolute Gasteiger partial charge is 0.468 e. The lowest BCUT2D eigenvalue weighted by Gasteiger charge is -2.34. The van der Waals surface area contributed by atoms with Crippen LogP contribution < -0.4 is 0 Å². The maximum Gasteiger partial charge on any atom is 0.255 e. The summed E-state index contributed by atoms with van der Waals surface area (Å²) in [6.45, 7) is 4.06. The van der Waals surface area contributed by atoms with Crippen molar-refractivity contribution >= 4 is 21.8 Å². The first-order valence-corrected chi connectivity index (χ1v) is 7.82. The molecule has 1 saturated heterocycles. The van der Waals surface area contributed by atoms with Crippen LogP contribution >= 0.6 is 15.9 Å². The van der Waals surface area contributed by atoms with E-state index in [1.807, 2.05) is 41.3 Å². The fourth-order valence-electron chi connectivity index (χ4n) is 2.54.